The lowest BCUT2D eigenvalue weighted by Gasteiger charge is -2.23. The fourth-order valence-electron chi connectivity index (χ4n) is 2.16. The van der Waals surface area contributed by atoms with Crippen LogP contribution in [0.2, 0.25) is 0 Å². The van der Waals surface area contributed by atoms with Gasteiger partial charge in [-0.15, -0.1) is 0 Å². The predicted octanol–water partition coefficient (Wildman–Crippen LogP) is 2.25. The van der Waals surface area contributed by atoms with E-state index in [9.17, 15) is 0 Å². The first kappa shape index (κ1) is 11.0. The van der Waals surface area contributed by atoms with Crippen molar-refractivity contribution >= 4 is 0 Å². The maximum Gasteiger partial charge on any atom is 0.0573 e. The summed E-state index contributed by atoms with van der Waals surface area (Å²) in [5.41, 5.74) is 0. The van der Waals surface area contributed by atoms with E-state index in [2.05, 4.69) is 24.5 Å². The Morgan fingerprint density at radius 2 is 1.92 bits per heavy atom. The summed E-state index contributed by atoms with van der Waals surface area (Å²) in [5, 5.41) is 7.21. The van der Waals surface area contributed by atoms with E-state index in [0.29, 0.717) is 6.17 Å². The van der Waals surface area contributed by atoms with Crippen LogP contribution in [-0.4, -0.2) is 18.8 Å². The molecule has 2 nitrogen and oxygen atoms in total. The standard InChI is InChI=1S/C11H24N2/c1-3-7-11(12-4-2)13-10-8-5-6-9-10/h10-13H,3-9H2,1-2H3. The predicted molar refractivity (Wildman–Crippen MR) is 57.8 cm³/mol. The SMILES string of the molecule is CCCC(NCC)NC1CCCC1. The Labute approximate surface area is 82.5 Å². The molecule has 1 fully saturated rings. The lowest BCUT2D eigenvalue weighted by atomic mass is 10.2. The molecule has 13 heavy (non-hydrogen) atoms. The number of hydrogen-bond acceptors (Lipinski definition) is 2. The van der Waals surface area contributed by atoms with Gasteiger partial charge in [0, 0.05) is 6.04 Å². The minimum Gasteiger partial charge on any atom is -0.302 e. The van der Waals surface area contributed by atoms with Gasteiger partial charge < -0.3 is 5.32 Å². The maximum absolute atomic E-state index is 3.71. The van der Waals surface area contributed by atoms with Gasteiger partial charge in [-0.25, -0.2) is 0 Å². The zero-order valence-electron chi connectivity index (χ0n) is 9.10. The van der Waals surface area contributed by atoms with E-state index in [1.165, 1.54) is 38.5 Å². The third-order valence-corrected chi connectivity index (χ3v) is 2.82. The highest BCUT2D eigenvalue weighted by atomic mass is 15.1. The van der Waals surface area contributed by atoms with Crippen molar-refractivity contribution < 1.29 is 0 Å². The first-order valence-electron chi connectivity index (χ1n) is 5.86. The third-order valence-electron chi connectivity index (χ3n) is 2.82. The van der Waals surface area contributed by atoms with Gasteiger partial charge >= 0.3 is 0 Å². The second-order valence-electron chi connectivity index (χ2n) is 4.05. The molecule has 78 valence electrons. The van der Waals surface area contributed by atoms with Crippen LogP contribution in [0.25, 0.3) is 0 Å². The Hall–Kier alpha value is -0.0800. The molecule has 0 radical (unpaired) electrons. The average Bonchev–Trinajstić information content (AvgIpc) is 2.58. The molecule has 0 spiro atoms. The molecule has 1 aliphatic rings. The molecule has 0 aromatic rings. The highest BCUT2D eigenvalue weighted by Crippen LogP contribution is 2.18. The van der Waals surface area contributed by atoms with Gasteiger partial charge in [0.05, 0.1) is 6.17 Å². The molecule has 1 aliphatic carbocycles. The van der Waals surface area contributed by atoms with E-state index < -0.39 is 0 Å². The van der Waals surface area contributed by atoms with Crippen molar-refractivity contribution in [2.75, 3.05) is 6.54 Å². The van der Waals surface area contributed by atoms with Crippen LogP contribution in [0.4, 0.5) is 0 Å². The first-order chi connectivity index (χ1) is 6.36. The normalized spacial score (nSPS) is 20.8. The van der Waals surface area contributed by atoms with Crippen molar-refractivity contribution in [2.24, 2.45) is 0 Å². The molecule has 0 aliphatic heterocycles. The van der Waals surface area contributed by atoms with Gasteiger partial charge in [-0.2, -0.15) is 0 Å². The molecule has 0 aromatic carbocycles. The summed E-state index contributed by atoms with van der Waals surface area (Å²) in [5.74, 6) is 0. The van der Waals surface area contributed by atoms with Crippen LogP contribution in [0.15, 0.2) is 0 Å². The Morgan fingerprint density at radius 1 is 1.23 bits per heavy atom. The van der Waals surface area contributed by atoms with Crippen LogP contribution < -0.4 is 10.6 Å². The fraction of sp³-hybridized carbons (Fsp3) is 1.00. The summed E-state index contributed by atoms with van der Waals surface area (Å²) >= 11 is 0. The Morgan fingerprint density at radius 3 is 2.46 bits per heavy atom. The molecular weight excluding hydrogens is 160 g/mol. The van der Waals surface area contributed by atoms with E-state index >= 15 is 0 Å². The molecule has 0 heterocycles. The molecule has 0 bridgehead atoms. The lowest BCUT2D eigenvalue weighted by Crippen LogP contribution is -2.46. The quantitative estimate of drug-likeness (QED) is 0.619. The second-order valence-corrected chi connectivity index (χ2v) is 4.05. The van der Waals surface area contributed by atoms with Gasteiger partial charge in [-0.05, 0) is 25.8 Å². The second kappa shape index (κ2) is 6.39. The highest BCUT2D eigenvalue weighted by molar-refractivity contribution is 4.77. The minimum atomic E-state index is 0.554. The van der Waals surface area contributed by atoms with Gasteiger partial charge in [0.2, 0.25) is 0 Å². The van der Waals surface area contributed by atoms with Gasteiger partial charge in [-0.3, -0.25) is 5.32 Å². The molecular formula is C11H24N2. The van der Waals surface area contributed by atoms with Crippen molar-refractivity contribution in [1.82, 2.24) is 10.6 Å². The van der Waals surface area contributed by atoms with Crippen LogP contribution in [0, 0.1) is 0 Å². The summed E-state index contributed by atoms with van der Waals surface area (Å²) in [6.07, 6.45) is 8.67. The van der Waals surface area contributed by atoms with Crippen LogP contribution in [0.3, 0.4) is 0 Å². The van der Waals surface area contributed by atoms with Crippen molar-refractivity contribution in [3.05, 3.63) is 0 Å². The van der Waals surface area contributed by atoms with Crippen molar-refractivity contribution in [1.29, 1.82) is 0 Å². The van der Waals surface area contributed by atoms with E-state index in [1.807, 2.05) is 0 Å². The minimum absolute atomic E-state index is 0.554. The molecule has 1 saturated carbocycles. The zero-order valence-corrected chi connectivity index (χ0v) is 9.10. The van der Waals surface area contributed by atoms with Crippen molar-refractivity contribution in [3.8, 4) is 0 Å². The molecule has 2 heteroatoms. The summed E-state index contributed by atoms with van der Waals surface area (Å²) in [7, 11) is 0. The van der Waals surface area contributed by atoms with Gasteiger partial charge in [0.15, 0.2) is 0 Å². The van der Waals surface area contributed by atoms with E-state index in [4.69, 9.17) is 0 Å². The van der Waals surface area contributed by atoms with Crippen LogP contribution >= 0.6 is 0 Å². The summed E-state index contributed by atoms with van der Waals surface area (Å²) in [4.78, 5) is 0. The van der Waals surface area contributed by atoms with Gasteiger partial charge in [0.1, 0.15) is 0 Å². The van der Waals surface area contributed by atoms with Crippen LogP contribution in [0.1, 0.15) is 52.4 Å². The number of nitrogens with one attached hydrogen (secondary N) is 2. The third kappa shape index (κ3) is 4.10. The summed E-state index contributed by atoms with van der Waals surface area (Å²) in [6, 6.07) is 0.788. The molecule has 1 unspecified atom stereocenters. The van der Waals surface area contributed by atoms with Gasteiger partial charge in [0.25, 0.3) is 0 Å². The Bertz CT molecular complexity index is 113. The van der Waals surface area contributed by atoms with E-state index in [-0.39, 0.29) is 0 Å². The summed E-state index contributed by atoms with van der Waals surface area (Å²) in [6.45, 7) is 5.50. The first-order valence-corrected chi connectivity index (χ1v) is 5.86. The summed E-state index contributed by atoms with van der Waals surface area (Å²) < 4.78 is 0. The van der Waals surface area contributed by atoms with Crippen molar-refractivity contribution in [3.63, 3.8) is 0 Å². The highest BCUT2D eigenvalue weighted by Gasteiger charge is 2.17. The maximum atomic E-state index is 3.71. The number of rotatable bonds is 6. The molecule has 0 saturated heterocycles. The average molecular weight is 184 g/mol. The smallest absolute Gasteiger partial charge is 0.0573 e. The monoisotopic (exact) mass is 184 g/mol. The largest absolute Gasteiger partial charge is 0.302 e. The molecule has 1 rings (SSSR count). The van der Waals surface area contributed by atoms with Gasteiger partial charge in [-0.1, -0.05) is 33.1 Å². The Kier molecular flexibility index (Phi) is 5.40. The van der Waals surface area contributed by atoms with E-state index in [0.717, 1.165) is 12.6 Å². The topological polar surface area (TPSA) is 24.1 Å². The number of hydrogen-bond donors (Lipinski definition) is 2. The zero-order chi connectivity index (χ0) is 9.52. The van der Waals surface area contributed by atoms with Crippen molar-refractivity contribution in [2.45, 2.75) is 64.6 Å². The Balaban J connectivity index is 2.19. The van der Waals surface area contributed by atoms with Crippen LogP contribution in [-0.2, 0) is 0 Å². The molecule has 0 amide bonds. The van der Waals surface area contributed by atoms with E-state index in [1.54, 1.807) is 0 Å². The molecule has 1 atom stereocenters. The molecule has 2 N–H and O–H groups in total. The van der Waals surface area contributed by atoms with Crippen LogP contribution in [0.5, 0.6) is 0 Å². The molecule has 0 aromatic heterocycles. The fourth-order valence-corrected chi connectivity index (χ4v) is 2.16. The lowest BCUT2D eigenvalue weighted by molar-refractivity contribution is 0.356.